The summed E-state index contributed by atoms with van der Waals surface area (Å²) >= 11 is 0. The third-order valence-electron chi connectivity index (χ3n) is 12.3. The van der Waals surface area contributed by atoms with Crippen LogP contribution in [0.2, 0.25) is 0 Å². The Kier molecular flexibility index (Phi) is 9.72. The fraction of sp³-hybridized carbons (Fsp3) is 0.439. The molecule has 4 fully saturated rings. The van der Waals surface area contributed by atoms with E-state index < -0.39 is 6.04 Å². The Bertz CT molecular complexity index is 2380. The maximum Gasteiger partial charge on any atom is 0.328 e. The van der Waals surface area contributed by atoms with Crippen molar-refractivity contribution in [1.82, 2.24) is 45.0 Å². The molecule has 3 amide bonds. The maximum absolute atomic E-state index is 12.3. The second-order valence-corrected chi connectivity index (χ2v) is 15.7. The molecule has 1 saturated carbocycles. The standard InChI is InChI=1S/C41H44N14O2/c1-26(20-42)47-33-19-38(55-40-30(23-46-55)18-28(21-43)22-45-40)44-24-37(33)54-25-34(49-50-54)29-4-2-27(3-5-29)10-14-51-15-11-36-35(51)12-16-52(36)31-6-8-32(9-7-31)53-17-13-39(56)48-41(53)57/h6-9,18-19,22-27,29,35-36H,2-5,10-17H2,1H3,(H,44,47)(H,48,56,57)/t26-,27?,29?,35+,36+/m1/s1. The van der Waals surface area contributed by atoms with E-state index in [-0.39, 0.29) is 11.9 Å². The van der Waals surface area contributed by atoms with Crippen LogP contribution in [-0.4, -0.2) is 95.9 Å². The Balaban J connectivity index is 0.797. The van der Waals surface area contributed by atoms with Gasteiger partial charge in [-0.2, -0.15) is 20.3 Å². The number of fused-ring (bicyclic) bond motifs is 2. The average molecular weight is 765 g/mol. The summed E-state index contributed by atoms with van der Waals surface area (Å²) in [6.07, 6.45) is 15.2. The van der Waals surface area contributed by atoms with Crippen molar-refractivity contribution >= 4 is 40.0 Å². The fourth-order valence-electron chi connectivity index (χ4n) is 9.25. The summed E-state index contributed by atoms with van der Waals surface area (Å²) in [6.45, 7) is 5.50. The van der Waals surface area contributed by atoms with Crippen molar-refractivity contribution in [2.45, 2.75) is 82.3 Å². The first-order valence-electron chi connectivity index (χ1n) is 19.9. The summed E-state index contributed by atoms with van der Waals surface area (Å²) in [7, 11) is 0. The van der Waals surface area contributed by atoms with E-state index in [4.69, 9.17) is 0 Å². The molecule has 1 aromatic carbocycles. The number of carbonyl (C=O) groups excluding carboxylic acids is 2. The first-order valence-corrected chi connectivity index (χ1v) is 19.9. The zero-order valence-electron chi connectivity index (χ0n) is 31.8. The van der Waals surface area contributed by atoms with Gasteiger partial charge in [0, 0.05) is 73.1 Å². The number of anilines is 3. The highest BCUT2D eigenvalue weighted by molar-refractivity contribution is 6.05. The molecule has 2 N–H and O–H groups in total. The molecule has 5 aromatic rings. The van der Waals surface area contributed by atoms with E-state index in [0.29, 0.717) is 65.3 Å². The molecule has 1 aliphatic carbocycles. The normalized spacial score (nSPS) is 22.9. The smallest absolute Gasteiger partial charge is 0.328 e. The number of urea groups is 1. The zero-order chi connectivity index (χ0) is 39.0. The number of benzene rings is 1. The number of aromatic nitrogens is 7. The number of rotatable bonds is 10. The van der Waals surface area contributed by atoms with Crippen molar-refractivity contribution in [3.05, 3.63) is 72.4 Å². The van der Waals surface area contributed by atoms with Gasteiger partial charge in [0.05, 0.1) is 41.6 Å². The van der Waals surface area contributed by atoms with Crippen molar-refractivity contribution in [2.24, 2.45) is 5.92 Å². The molecule has 0 unspecified atom stereocenters. The number of nitriles is 2. The minimum absolute atomic E-state index is 0.219. The quantitative estimate of drug-likeness (QED) is 0.193. The lowest BCUT2D eigenvalue weighted by atomic mass is 9.79. The average Bonchev–Trinajstić information content (AvgIpc) is 4.06. The molecule has 4 aromatic heterocycles. The summed E-state index contributed by atoms with van der Waals surface area (Å²) in [5.74, 6) is 1.34. The van der Waals surface area contributed by atoms with E-state index in [0.717, 1.165) is 62.1 Å². The minimum atomic E-state index is -0.466. The summed E-state index contributed by atoms with van der Waals surface area (Å²) < 4.78 is 3.35. The van der Waals surface area contributed by atoms with Crippen molar-refractivity contribution in [3.63, 3.8) is 0 Å². The number of nitrogens with zero attached hydrogens (tertiary/aromatic N) is 12. The molecule has 0 spiro atoms. The van der Waals surface area contributed by atoms with Crippen LogP contribution in [0.4, 0.5) is 21.9 Å². The largest absolute Gasteiger partial charge is 0.368 e. The molecular weight excluding hydrogens is 721 g/mol. The van der Waals surface area contributed by atoms with Gasteiger partial charge < -0.3 is 10.2 Å². The zero-order valence-corrected chi connectivity index (χ0v) is 31.8. The number of likely N-dealkylation sites (tertiary alicyclic amines) is 1. The lowest BCUT2D eigenvalue weighted by molar-refractivity contribution is -0.120. The highest BCUT2D eigenvalue weighted by Crippen LogP contribution is 2.39. The number of amides is 3. The van der Waals surface area contributed by atoms with Crippen LogP contribution in [0.15, 0.2) is 61.2 Å². The van der Waals surface area contributed by atoms with E-state index >= 15 is 0 Å². The molecule has 0 radical (unpaired) electrons. The van der Waals surface area contributed by atoms with E-state index in [1.165, 1.54) is 31.1 Å². The van der Waals surface area contributed by atoms with Crippen LogP contribution in [-0.2, 0) is 4.79 Å². The number of nitrogens with one attached hydrogen (secondary N) is 2. The molecule has 3 atom stereocenters. The van der Waals surface area contributed by atoms with Crippen LogP contribution in [0, 0.1) is 28.6 Å². The van der Waals surface area contributed by atoms with Gasteiger partial charge in [0.25, 0.3) is 0 Å². The molecule has 3 saturated heterocycles. The summed E-state index contributed by atoms with van der Waals surface area (Å²) in [4.78, 5) is 39.9. The SMILES string of the molecule is C[C@H](C#N)Nc1cc(-n2ncc3cc(C#N)cnc32)ncc1-n1cc(C2CCC(CCN3CC[C@H]4[C@@H]3CCN4c3ccc(N4CCC(=O)NC4=O)cc3)CC2)nn1. The molecule has 16 heteroatoms. The molecule has 9 rings (SSSR count). The molecule has 3 aliphatic heterocycles. The molecule has 7 heterocycles. The third kappa shape index (κ3) is 7.13. The number of hydrogen-bond donors (Lipinski definition) is 2. The number of imide groups is 1. The molecule has 4 aliphatic rings. The second kappa shape index (κ2) is 15.3. The Morgan fingerprint density at radius 1 is 0.930 bits per heavy atom. The highest BCUT2D eigenvalue weighted by Gasteiger charge is 2.42. The van der Waals surface area contributed by atoms with Crippen LogP contribution in [0.1, 0.15) is 75.5 Å². The Hall–Kier alpha value is -6.39. The fourth-order valence-corrected chi connectivity index (χ4v) is 9.25. The van der Waals surface area contributed by atoms with Gasteiger partial charge in [-0.3, -0.25) is 19.9 Å². The van der Waals surface area contributed by atoms with Gasteiger partial charge >= 0.3 is 6.03 Å². The number of hydrogen-bond acceptors (Lipinski definition) is 12. The van der Waals surface area contributed by atoms with E-state index in [1.807, 2.05) is 24.4 Å². The first kappa shape index (κ1) is 36.3. The molecule has 57 heavy (non-hydrogen) atoms. The molecule has 0 bridgehead atoms. The van der Waals surface area contributed by atoms with Crippen LogP contribution in [0.5, 0.6) is 0 Å². The van der Waals surface area contributed by atoms with Gasteiger partial charge in [-0.1, -0.05) is 5.21 Å². The highest BCUT2D eigenvalue weighted by atomic mass is 16.2. The van der Waals surface area contributed by atoms with Crippen molar-refractivity contribution in [2.75, 3.05) is 41.3 Å². The predicted molar refractivity (Wildman–Crippen MR) is 212 cm³/mol. The maximum atomic E-state index is 12.3. The van der Waals surface area contributed by atoms with Gasteiger partial charge in [-0.25, -0.2) is 19.4 Å². The van der Waals surface area contributed by atoms with Gasteiger partial charge in [-0.15, -0.1) is 5.10 Å². The Labute approximate surface area is 330 Å². The van der Waals surface area contributed by atoms with Gasteiger partial charge in [0.15, 0.2) is 11.5 Å². The lowest BCUT2D eigenvalue weighted by Gasteiger charge is -2.31. The van der Waals surface area contributed by atoms with Crippen molar-refractivity contribution < 1.29 is 9.59 Å². The third-order valence-corrected chi connectivity index (χ3v) is 12.3. The Morgan fingerprint density at radius 3 is 2.53 bits per heavy atom. The Morgan fingerprint density at radius 2 is 1.74 bits per heavy atom. The van der Waals surface area contributed by atoms with Crippen LogP contribution in [0.25, 0.3) is 22.5 Å². The van der Waals surface area contributed by atoms with Crippen molar-refractivity contribution in [3.8, 4) is 23.6 Å². The summed E-state index contributed by atoms with van der Waals surface area (Å²) in [6, 6.07) is 16.4. The van der Waals surface area contributed by atoms with E-state index in [9.17, 15) is 20.1 Å². The monoisotopic (exact) mass is 764 g/mol. The topological polar surface area (TPSA) is 190 Å². The van der Waals surface area contributed by atoms with E-state index in [2.05, 4.69) is 70.1 Å². The van der Waals surface area contributed by atoms with Crippen LogP contribution >= 0.6 is 0 Å². The van der Waals surface area contributed by atoms with Gasteiger partial charge in [0.2, 0.25) is 5.91 Å². The van der Waals surface area contributed by atoms with Gasteiger partial charge in [-0.05, 0) is 94.7 Å². The second-order valence-electron chi connectivity index (χ2n) is 15.7. The van der Waals surface area contributed by atoms with Gasteiger partial charge in [0.1, 0.15) is 17.8 Å². The van der Waals surface area contributed by atoms with E-state index in [1.54, 1.807) is 39.6 Å². The number of carbonyl (C=O) groups is 2. The molecule has 16 nitrogen and oxygen atoms in total. The molecule has 290 valence electrons. The van der Waals surface area contributed by atoms with Crippen LogP contribution in [0.3, 0.4) is 0 Å². The first-order chi connectivity index (χ1) is 27.8. The van der Waals surface area contributed by atoms with Crippen molar-refractivity contribution in [1.29, 1.82) is 10.5 Å². The lowest BCUT2D eigenvalue weighted by Crippen LogP contribution is -2.49. The summed E-state index contributed by atoms with van der Waals surface area (Å²) in [5.41, 5.74) is 5.38. The predicted octanol–water partition coefficient (Wildman–Crippen LogP) is 5.06. The molecular formula is C41H44N14O2. The van der Waals surface area contributed by atoms with Crippen LogP contribution < -0.4 is 20.4 Å². The summed E-state index contributed by atoms with van der Waals surface area (Å²) in [5, 5.41) is 38.9. The minimum Gasteiger partial charge on any atom is -0.368 e. The number of pyridine rings is 2.